The number of carbonyl (C=O) groups excluding carboxylic acids is 1. The molecule has 0 saturated heterocycles. The molecule has 0 unspecified atom stereocenters. The van der Waals surface area contributed by atoms with Crippen molar-refractivity contribution in [3.63, 3.8) is 0 Å². The number of non-ortho nitro benzene ring substituents is 1. The molecule has 1 N–H and O–H groups in total. The average molecular weight is 505 g/mol. The zero-order valence-corrected chi connectivity index (χ0v) is 18.7. The number of nitrogens with zero attached hydrogens (tertiary/aromatic N) is 3. The molecule has 0 atom stereocenters. The molecule has 0 aliphatic rings. The number of benzene rings is 3. The molecule has 0 saturated carbocycles. The van der Waals surface area contributed by atoms with Crippen molar-refractivity contribution in [2.75, 3.05) is 7.11 Å². The molecule has 13 heteroatoms. The molecule has 0 aromatic heterocycles. The van der Waals surface area contributed by atoms with Crippen molar-refractivity contribution in [2.45, 2.75) is 0 Å². The summed E-state index contributed by atoms with van der Waals surface area (Å²) in [7, 11) is 1.36. The lowest BCUT2D eigenvalue weighted by Crippen LogP contribution is -2.17. The summed E-state index contributed by atoms with van der Waals surface area (Å²) in [5.74, 6) is -0.389. The minimum Gasteiger partial charge on any atom is -0.493 e. The summed E-state index contributed by atoms with van der Waals surface area (Å²) in [5.41, 5.74) is 2.10. The smallest absolute Gasteiger partial charge is 0.318 e. The minimum atomic E-state index is -0.785. The van der Waals surface area contributed by atoms with Crippen LogP contribution in [0.5, 0.6) is 17.2 Å². The Labute approximate surface area is 201 Å². The number of hydrogen-bond acceptors (Lipinski definition) is 8. The highest BCUT2D eigenvalue weighted by Crippen LogP contribution is 2.38. The predicted octanol–water partition coefficient (Wildman–Crippen LogP) is 5.37. The fraction of sp³-hybridized carbons (Fsp3) is 0.0476. The van der Waals surface area contributed by atoms with Crippen LogP contribution in [0.4, 0.5) is 11.4 Å². The monoisotopic (exact) mass is 504 g/mol. The van der Waals surface area contributed by atoms with Gasteiger partial charge in [-0.15, -0.1) is 0 Å². The first kappa shape index (κ1) is 24.4. The summed E-state index contributed by atoms with van der Waals surface area (Å²) >= 11 is 11.7. The van der Waals surface area contributed by atoms with Gasteiger partial charge in [0, 0.05) is 11.6 Å². The van der Waals surface area contributed by atoms with E-state index in [-0.39, 0.29) is 27.8 Å². The van der Waals surface area contributed by atoms with E-state index in [1.54, 1.807) is 6.07 Å². The number of hydrogen-bond donors (Lipinski definition) is 1. The summed E-state index contributed by atoms with van der Waals surface area (Å²) in [4.78, 5) is 32.8. The van der Waals surface area contributed by atoms with Crippen molar-refractivity contribution >= 4 is 46.7 Å². The molecule has 0 fully saturated rings. The molecule has 3 aromatic rings. The molecule has 1 amide bonds. The van der Waals surface area contributed by atoms with Crippen LogP contribution in [-0.4, -0.2) is 29.1 Å². The normalized spacial score (nSPS) is 10.7. The molecule has 0 radical (unpaired) electrons. The Morgan fingerprint density at radius 3 is 2.32 bits per heavy atom. The van der Waals surface area contributed by atoms with E-state index in [4.69, 9.17) is 32.7 Å². The SMILES string of the molecule is COc1cc(/C=N/NC(=O)c2ccc(Cl)c(Cl)c2)ccc1Oc1ccc([N+](=O)[O-])cc1[N+](=O)[O-]. The molecular formula is C21H14Cl2N4O7. The molecule has 3 rings (SSSR count). The lowest BCUT2D eigenvalue weighted by molar-refractivity contribution is -0.394. The quantitative estimate of drug-likeness (QED) is 0.246. The maximum Gasteiger partial charge on any atom is 0.318 e. The Hall–Kier alpha value is -4.22. The van der Waals surface area contributed by atoms with Crippen molar-refractivity contribution < 1.29 is 24.1 Å². The molecule has 11 nitrogen and oxygen atoms in total. The number of ether oxygens (including phenoxy) is 2. The van der Waals surface area contributed by atoms with Crippen LogP contribution in [0.1, 0.15) is 15.9 Å². The van der Waals surface area contributed by atoms with E-state index in [2.05, 4.69) is 10.5 Å². The van der Waals surface area contributed by atoms with Gasteiger partial charge in [-0.25, -0.2) is 5.43 Å². The molecule has 0 heterocycles. The fourth-order valence-corrected chi connectivity index (χ4v) is 2.98. The van der Waals surface area contributed by atoms with Gasteiger partial charge in [0.25, 0.3) is 11.6 Å². The minimum absolute atomic E-state index is 0.122. The average Bonchev–Trinajstić information content (AvgIpc) is 2.81. The topological polar surface area (TPSA) is 146 Å². The second-order valence-corrected chi connectivity index (χ2v) is 7.32. The van der Waals surface area contributed by atoms with Crippen molar-refractivity contribution in [3.8, 4) is 17.2 Å². The Bertz CT molecular complexity index is 1310. The van der Waals surface area contributed by atoms with Crippen LogP contribution < -0.4 is 14.9 Å². The number of nitro groups is 2. The highest BCUT2D eigenvalue weighted by molar-refractivity contribution is 6.42. The third-order valence-electron chi connectivity index (χ3n) is 4.32. The van der Waals surface area contributed by atoms with Gasteiger partial charge < -0.3 is 9.47 Å². The molecule has 0 bridgehead atoms. The van der Waals surface area contributed by atoms with Gasteiger partial charge in [0.1, 0.15) is 0 Å². The van der Waals surface area contributed by atoms with Crippen LogP contribution in [-0.2, 0) is 0 Å². The first-order valence-electron chi connectivity index (χ1n) is 9.26. The van der Waals surface area contributed by atoms with Crippen LogP contribution >= 0.6 is 23.2 Å². The maximum atomic E-state index is 12.2. The van der Waals surface area contributed by atoms with E-state index in [0.717, 1.165) is 18.2 Å². The highest BCUT2D eigenvalue weighted by Gasteiger charge is 2.22. The number of nitrogens with one attached hydrogen (secondary N) is 1. The third kappa shape index (κ3) is 5.77. The van der Waals surface area contributed by atoms with Gasteiger partial charge in [-0.2, -0.15) is 5.10 Å². The summed E-state index contributed by atoms with van der Waals surface area (Å²) < 4.78 is 10.8. The van der Waals surface area contributed by atoms with Gasteiger partial charge in [0.05, 0.1) is 39.3 Å². The largest absolute Gasteiger partial charge is 0.493 e. The van der Waals surface area contributed by atoms with Gasteiger partial charge in [-0.1, -0.05) is 23.2 Å². The van der Waals surface area contributed by atoms with Crippen LogP contribution in [0.25, 0.3) is 0 Å². The molecule has 3 aromatic carbocycles. The lowest BCUT2D eigenvalue weighted by Gasteiger charge is -2.11. The Morgan fingerprint density at radius 2 is 1.68 bits per heavy atom. The number of amides is 1. The van der Waals surface area contributed by atoms with E-state index < -0.39 is 27.1 Å². The standard InChI is InChI=1S/C21H14Cl2N4O7/c1-33-20-8-12(11-24-25-21(28)13-3-5-15(22)16(23)9-13)2-6-19(20)34-18-7-4-14(26(29)30)10-17(18)27(31)32/h2-11H,1H3,(H,25,28)/b24-11+. The maximum absolute atomic E-state index is 12.2. The van der Waals surface area contributed by atoms with Crippen LogP contribution in [0.15, 0.2) is 59.7 Å². The molecule has 34 heavy (non-hydrogen) atoms. The number of carbonyl (C=O) groups is 1. The fourth-order valence-electron chi connectivity index (χ4n) is 2.68. The van der Waals surface area contributed by atoms with E-state index >= 15 is 0 Å². The molecule has 174 valence electrons. The lowest BCUT2D eigenvalue weighted by atomic mass is 10.2. The number of nitro benzene ring substituents is 2. The van der Waals surface area contributed by atoms with Crippen LogP contribution in [0.3, 0.4) is 0 Å². The van der Waals surface area contributed by atoms with E-state index in [1.807, 2.05) is 0 Å². The van der Waals surface area contributed by atoms with E-state index in [9.17, 15) is 25.0 Å². The van der Waals surface area contributed by atoms with Gasteiger partial charge in [0.2, 0.25) is 5.75 Å². The second-order valence-electron chi connectivity index (χ2n) is 6.51. The van der Waals surface area contributed by atoms with E-state index in [1.165, 1.54) is 43.7 Å². The summed E-state index contributed by atoms with van der Waals surface area (Å²) in [6.07, 6.45) is 1.34. The molecule has 0 spiro atoms. The summed E-state index contributed by atoms with van der Waals surface area (Å²) in [6, 6.07) is 11.9. The number of halogens is 2. The van der Waals surface area contributed by atoms with Crippen molar-refractivity contribution in [3.05, 3.63) is 96.0 Å². The van der Waals surface area contributed by atoms with Crippen molar-refractivity contribution in [2.24, 2.45) is 5.10 Å². The third-order valence-corrected chi connectivity index (χ3v) is 5.06. The summed E-state index contributed by atoms with van der Waals surface area (Å²) in [5, 5.41) is 26.6. The van der Waals surface area contributed by atoms with Gasteiger partial charge in [0.15, 0.2) is 11.5 Å². The zero-order valence-electron chi connectivity index (χ0n) is 17.2. The van der Waals surface area contributed by atoms with Crippen molar-refractivity contribution in [1.82, 2.24) is 5.43 Å². The molecule has 0 aliphatic heterocycles. The van der Waals surface area contributed by atoms with Crippen molar-refractivity contribution in [1.29, 1.82) is 0 Å². The summed E-state index contributed by atoms with van der Waals surface area (Å²) in [6.45, 7) is 0. The van der Waals surface area contributed by atoms with Gasteiger partial charge in [-0.05, 0) is 48.0 Å². The van der Waals surface area contributed by atoms with Gasteiger partial charge in [-0.3, -0.25) is 25.0 Å². The number of rotatable bonds is 8. The Morgan fingerprint density at radius 1 is 0.941 bits per heavy atom. The van der Waals surface area contributed by atoms with E-state index in [0.29, 0.717) is 10.6 Å². The predicted molar refractivity (Wildman–Crippen MR) is 124 cm³/mol. The van der Waals surface area contributed by atoms with Crippen LogP contribution in [0, 0.1) is 20.2 Å². The van der Waals surface area contributed by atoms with Gasteiger partial charge >= 0.3 is 5.69 Å². The number of hydrazone groups is 1. The zero-order chi connectivity index (χ0) is 24.8. The van der Waals surface area contributed by atoms with Crippen LogP contribution in [0.2, 0.25) is 10.0 Å². The second kappa shape index (κ2) is 10.6. The Kier molecular flexibility index (Phi) is 7.61. The molecule has 0 aliphatic carbocycles. The first-order chi connectivity index (χ1) is 16.2. The first-order valence-corrected chi connectivity index (χ1v) is 10.0. The molecular weight excluding hydrogens is 491 g/mol. The number of methoxy groups -OCH3 is 1. The Balaban J connectivity index is 1.77. The highest BCUT2D eigenvalue weighted by atomic mass is 35.5.